The van der Waals surface area contributed by atoms with E-state index in [0.29, 0.717) is 12.2 Å². The van der Waals surface area contributed by atoms with Gasteiger partial charge in [-0.15, -0.1) is 5.10 Å². The van der Waals surface area contributed by atoms with Gasteiger partial charge in [-0.05, 0) is 24.4 Å². The molecule has 16 heavy (non-hydrogen) atoms. The molecule has 1 aliphatic rings. The van der Waals surface area contributed by atoms with Gasteiger partial charge in [0.15, 0.2) is 5.69 Å². The molecule has 0 radical (unpaired) electrons. The molecule has 0 spiro atoms. The minimum Gasteiger partial charge on any atom is -0.393 e. The summed E-state index contributed by atoms with van der Waals surface area (Å²) in [5.74, 6) is 0.0911. The number of rotatable bonds is 3. The van der Waals surface area contributed by atoms with Crippen LogP contribution < -0.4 is 0 Å². The number of carbonyl (C=O) groups is 1. The lowest BCUT2D eigenvalue weighted by Crippen LogP contribution is -2.34. The van der Waals surface area contributed by atoms with Crippen LogP contribution >= 0.6 is 11.5 Å². The van der Waals surface area contributed by atoms with E-state index in [1.165, 1.54) is 11.5 Å². The number of hydrogen-bond acceptors (Lipinski definition) is 5. The lowest BCUT2D eigenvalue weighted by molar-refractivity contribution is 0.0688. The van der Waals surface area contributed by atoms with Gasteiger partial charge in [-0.2, -0.15) is 0 Å². The molecule has 0 aliphatic heterocycles. The van der Waals surface area contributed by atoms with E-state index in [9.17, 15) is 9.90 Å². The van der Waals surface area contributed by atoms with Gasteiger partial charge in [-0.3, -0.25) is 4.79 Å². The molecule has 1 aromatic rings. The van der Waals surface area contributed by atoms with E-state index < -0.39 is 0 Å². The number of aromatic nitrogens is 2. The molecule has 1 aliphatic carbocycles. The van der Waals surface area contributed by atoms with E-state index in [-0.39, 0.29) is 17.9 Å². The maximum atomic E-state index is 11.8. The third-order valence-corrected chi connectivity index (χ3v) is 3.56. The van der Waals surface area contributed by atoms with Crippen molar-refractivity contribution in [1.82, 2.24) is 14.5 Å². The predicted molar refractivity (Wildman–Crippen MR) is 60.2 cm³/mol. The molecule has 2 atom stereocenters. The maximum Gasteiger partial charge on any atom is 0.275 e. The molecule has 1 fully saturated rings. The summed E-state index contributed by atoms with van der Waals surface area (Å²) in [6, 6.07) is 0. The van der Waals surface area contributed by atoms with E-state index in [0.717, 1.165) is 19.3 Å². The first kappa shape index (κ1) is 11.5. The molecule has 1 heterocycles. The van der Waals surface area contributed by atoms with Crippen LogP contribution in [0, 0.1) is 5.92 Å². The number of amides is 1. The smallest absolute Gasteiger partial charge is 0.275 e. The predicted octanol–water partition coefficient (Wildman–Crippen LogP) is 0.771. The fourth-order valence-corrected chi connectivity index (χ4v) is 2.55. The summed E-state index contributed by atoms with van der Waals surface area (Å²) in [6.07, 6.45) is 2.63. The van der Waals surface area contributed by atoms with Crippen LogP contribution in [0.1, 0.15) is 29.8 Å². The van der Waals surface area contributed by atoms with Crippen LogP contribution in [0.4, 0.5) is 0 Å². The molecular weight excluding hydrogens is 226 g/mol. The quantitative estimate of drug-likeness (QED) is 0.849. The van der Waals surface area contributed by atoms with Crippen LogP contribution in [-0.4, -0.2) is 45.2 Å². The Morgan fingerprint density at radius 2 is 2.50 bits per heavy atom. The van der Waals surface area contributed by atoms with Crippen molar-refractivity contribution in [2.75, 3.05) is 13.6 Å². The second kappa shape index (κ2) is 4.88. The zero-order valence-electron chi connectivity index (χ0n) is 9.17. The summed E-state index contributed by atoms with van der Waals surface area (Å²) < 4.78 is 3.67. The molecular formula is C10H15N3O2S. The minimum absolute atomic E-state index is 0.118. The van der Waals surface area contributed by atoms with Crippen LogP contribution in [0.5, 0.6) is 0 Å². The Hall–Kier alpha value is -1.01. The molecule has 2 unspecified atom stereocenters. The Balaban J connectivity index is 1.93. The van der Waals surface area contributed by atoms with Crippen LogP contribution in [0.3, 0.4) is 0 Å². The Kier molecular flexibility index (Phi) is 3.50. The highest BCUT2D eigenvalue weighted by Crippen LogP contribution is 2.26. The molecule has 0 aromatic carbocycles. The fraction of sp³-hybridized carbons (Fsp3) is 0.700. The molecule has 5 nitrogen and oxygen atoms in total. The van der Waals surface area contributed by atoms with Crippen molar-refractivity contribution in [3.8, 4) is 0 Å². The van der Waals surface area contributed by atoms with E-state index in [1.54, 1.807) is 17.3 Å². The van der Waals surface area contributed by atoms with Crippen molar-refractivity contribution in [3.05, 3.63) is 11.1 Å². The van der Waals surface area contributed by atoms with E-state index in [2.05, 4.69) is 9.59 Å². The van der Waals surface area contributed by atoms with Crippen LogP contribution in [-0.2, 0) is 0 Å². The monoisotopic (exact) mass is 241 g/mol. The number of carbonyl (C=O) groups excluding carboxylic acids is 1. The zero-order chi connectivity index (χ0) is 11.5. The van der Waals surface area contributed by atoms with Gasteiger partial charge in [0.1, 0.15) is 0 Å². The van der Waals surface area contributed by atoms with Gasteiger partial charge in [0.05, 0.1) is 6.10 Å². The highest BCUT2D eigenvalue weighted by atomic mass is 32.1. The lowest BCUT2D eigenvalue weighted by atomic mass is 10.1. The summed E-state index contributed by atoms with van der Waals surface area (Å²) in [6.45, 7) is 0.595. The Morgan fingerprint density at radius 3 is 3.06 bits per heavy atom. The van der Waals surface area contributed by atoms with Crippen molar-refractivity contribution in [2.24, 2.45) is 5.92 Å². The highest BCUT2D eigenvalue weighted by molar-refractivity contribution is 7.03. The van der Waals surface area contributed by atoms with Crippen LogP contribution in [0.25, 0.3) is 0 Å². The molecule has 0 bridgehead atoms. The average Bonchev–Trinajstić information content (AvgIpc) is 2.89. The topological polar surface area (TPSA) is 66.3 Å². The minimum atomic E-state index is -0.260. The van der Waals surface area contributed by atoms with E-state index in [4.69, 9.17) is 0 Å². The molecule has 1 aromatic heterocycles. The van der Waals surface area contributed by atoms with Crippen molar-refractivity contribution >= 4 is 17.4 Å². The van der Waals surface area contributed by atoms with Gasteiger partial charge in [-0.25, -0.2) is 0 Å². The highest BCUT2D eigenvalue weighted by Gasteiger charge is 2.28. The van der Waals surface area contributed by atoms with Gasteiger partial charge in [0, 0.05) is 24.9 Å². The second-order valence-corrected chi connectivity index (χ2v) is 4.84. The van der Waals surface area contributed by atoms with Crippen LogP contribution in [0.2, 0.25) is 0 Å². The average molecular weight is 241 g/mol. The van der Waals surface area contributed by atoms with Gasteiger partial charge in [-0.1, -0.05) is 10.9 Å². The molecule has 1 N–H and O–H groups in total. The summed E-state index contributed by atoms with van der Waals surface area (Å²) in [7, 11) is 1.74. The summed E-state index contributed by atoms with van der Waals surface area (Å²) in [5, 5.41) is 15.1. The Labute approximate surface area is 98.2 Å². The third-order valence-electron chi connectivity index (χ3n) is 3.05. The SMILES string of the molecule is CN(CC1CCCC1O)C(=O)c1csnn1. The van der Waals surface area contributed by atoms with Crippen molar-refractivity contribution in [1.29, 1.82) is 0 Å². The molecule has 6 heteroatoms. The van der Waals surface area contributed by atoms with Gasteiger partial charge < -0.3 is 10.0 Å². The fourth-order valence-electron chi connectivity index (χ4n) is 2.12. The largest absolute Gasteiger partial charge is 0.393 e. The first-order valence-corrected chi connectivity index (χ1v) is 6.22. The number of aliphatic hydroxyl groups is 1. The molecule has 2 rings (SSSR count). The summed E-state index contributed by atoms with van der Waals surface area (Å²) in [4.78, 5) is 13.5. The zero-order valence-corrected chi connectivity index (χ0v) is 9.98. The normalized spacial score (nSPS) is 24.6. The first-order chi connectivity index (χ1) is 7.68. The van der Waals surface area contributed by atoms with E-state index in [1.807, 2.05) is 0 Å². The summed E-state index contributed by atoms with van der Waals surface area (Å²) >= 11 is 1.17. The van der Waals surface area contributed by atoms with Crippen molar-refractivity contribution < 1.29 is 9.90 Å². The molecule has 1 saturated carbocycles. The number of aliphatic hydroxyl groups excluding tert-OH is 1. The first-order valence-electron chi connectivity index (χ1n) is 5.39. The van der Waals surface area contributed by atoms with Crippen LogP contribution in [0.15, 0.2) is 5.38 Å². The van der Waals surface area contributed by atoms with Gasteiger partial charge in [0.2, 0.25) is 0 Å². The number of hydrogen-bond donors (Lipinski definition) is 1. The Morgan fingerprint density at radius 1 is 1.69 bits per heavy atom. The van der Waals surface area contributed by atoms with Crippen molar-refractivity contribution in [2.45, 2.75) is 25.4 Å². The standard InChI is InChI=1S/C10H15N3O2S/c1-13(5-7-3-2-4-9(7)14)10(15)8-6-16-12-11-8/h6-7,9,14H,2-5H2,1H3. The molecule has 88 valence electrons. The third kappa shape index (κ3) is 2.38. The van der Waals surface area contributed by atoms with Crippen molar-refractivity contribution in [3.63, 3.8) is 0 Å². The summed E-state index contributed by atoms with van der Waals surface area (Å²) in [5.41, 5.74) is 0.389. The maximum absolute atomic E-state index is 11.8. The Bertz CT molecular complexity index is 355. The van der Waals surface area contributed by atoms with Gasteiger partial charge in [0.25, 0.3) is 5.91 Å². The second-order valence-electron chi connectivity index (χ2n) is 4.23. The molecule has 0 saturated heterocycles. The molecule has 1 amide bonds. The number of nitrogens with zero attached hydrogens (tertiary/aromatic N) is 3. The van der Waals surface area contributed by atoms with E-state index >= 15 is 0 Å². The lowest BCUT2D eigenvalue weighted by Gasteiger charge is -2.22. The van der Waals surface area contributed by atoms with Gasteiger partial charge >= 0.3 is 0 Å².